The Morgan fingerprint density at radius 2 is 2.64 bits per heavy atom. The van der Waals surface area contributed by atoms with Crippen LogP contribution in [-0.2, 0) is 0 Å². The summed E-state index contributed by atoms with van der Waals surface area (Å²) in [5.41, 5.74) is 2.67. The van der Waals surface area contributed by atoms with Gasteiger partial charge in [-0.3, -0.25) is 0 Å². The van der Waals surface area contributed by atoms with Crippen molar-refractivity contribution in [1.29, 1.82) is 0 Å². The van der Waals surface area contributed by atoms with E-state index >= 15 is 0 Å². The van der Waals surface area contributed by atoms with Crippen molar-refractivity contribution in [3.63, 3.8) is 0 Å². The van der Waals surface area contributed by atoms with Crippen LogP contribution in [0.25, 0.3) is 0 Å². The quantitative estimate of drug-likeness (QED) is 0.702. The van der Waals surface area contributed by atoms with E-state index in [1.165, 1.54) is 11.3 Å². The highest BCUT2D eigenvalue weighted by atomic mass is 32.1. The van der Waals surface area contributed by atoms with Crippen LogP contribution in [0.2, 0.25) is 0 Å². The van der Waals surface area contributed by atoms with Crippen molar-refractivity contribution in [2.24, 2.45) is 0 Å². The predicted octanol–water partition coefficient (Wildman–Crippen LogP) is 2.06. The zero-order chi connectivity index (χ0) is 8.27. The van der Waals surface area contributed by atoms with Crippen LogP contribution in [0.3, 0.4) is 0 Å². The Kier molecular flexibility index (Phi) is 2.79. The van der Waals surface area contributed by atoms with Crippen LogP contribution in [-0.4, -0.2) is 10.1 Å². The fourth-order valence-electron chi connectivity index (χ4n) is 0.896. The summed E-state index contributed by atoms with van der Waals surface area (Å²) in [6.45, 7) is 5.47. The van der Waals surface area contributed by atoms with Crippen molar-refractivity contribution >= 4 is 11.3 Å². The molecule has 1 N–H and O–H groups in total. The van der Waals surface area contributed by atoms with Gasteiger partial charge >= 0.3 is 0 Å². The minimum atomic E-state index is -0.417. The largest absolute Gasteiger partial charge is 0.387 e. The first-order valence-corrected chi connectivity index (χ1v) is 4.32. The maximum absolute atomic E-state index is 9.49. The summed E-state index contributed by atoms with van der Waals surface area (Å²) in [5, 5.41) is 9.49. The van der Waals surface area contributed by atoms with Gasteiger partial charge in [0.1, 0.15) is 0 Å². The first-order chi connectivity index (χ1) is 5.25. The lowest BCUT2D eigenvalue weighted by molar-refractivity contribution is 0.184. The van der Waals surface area contributed by atoms with Gasteiger partial charge in [-0.25, -0.2) is 4.98 Å². The molecular formula is C8H11NOS. The molecule has 0 bridgehead atoms. The second kappa shape index (κ2) is 3.64. The number of aromatic nitrogens is 1. The maximum Gasteiger partial charge on any atom is 0.0934 e. The summed E-state index contributed by atoms with van der Waals surface area (Å²) in [4.78, 5) is 4.99. The average molecular weight is 169 g/mol. The number of nitrogens with zero attached hydrogens (tertiary/aromatic N) is 1. The Hall–Kier alpha value is -0.670. The molecule has 0 fully saturated rings. The molecule has 1 aromatic heterocycles. The van der Waals surface area contributed by atoms with Crippen LogP contribution in [0.15, 0.2) is 18.2 Å². The van der Waals surface area contributed by atoms with E-state index in [0.29, 0.717) is 6.42 Å². The number of hydrogen-bond donors (Lipinski definition) is 1. The van der Waals surface area contributed by atoms with Gasteiger partial charge in [-0.05, 0) is 13.3 Å². The lowest BCUT2D eigenvalue weighted by Crippen LogP contribution is -1.94. The molecule has 2 nitrogen and oxygen atoms in total. The van der Waals surface area contributed by atoms with Crippen molar-refractivity contribution in [3.8, 4) is 0 Å². The van der Waals surface area contributed by atoms with E-state index in [2.05, 4.69) is 11.6 Å². The Bertz CT molecular complexity index is 244. The lowest BCUT2D eigenvalue weighted by Gasteiger charge is -2.04. The number of thiazole rings is 1. The first kappa shape index (κ1) is 8.43. The van der Waals surface area contributed by atoms with Gasteiger partial charge < -0.3 is 5.11 Å². The van der Waals surface area contributed by atoms with Crippen LogP contribution >= 0.6 is 11.3 Å². The summed E-state index contributed by atoms with van der Waals surface area (Å²) in [5.74, 6) is 0. The van der Waals surface area contributed by atoms with E-state index in [4.69, 9.17) is 0 Å². The maximum atomic E-state index is 9.49. The lowest BCUT2D eigenvalue weighted by atomic mass is 10.2. The first-order valence-electron chi connectivity index (χ1n) is 3.44. The molecule has 1 rings (SSSR count). The van der Waals surface area contributed by atoms with E-state index in [0.717, 1.165) is 10.6 Å². The zero-order valence-electron chi connectivity index (χ0n) is 6.45. The summed E-state index contributed by atoms with van der Waals surface area (Å²) in [7, 11) is 0. The highest BCUT2D eigenvalue weighted by Crippen LogP contribution is 2.23. The van der Waals surface area contributed by atoms with Gasteiger partial charge in [0.25, 0.3) is 0 Å². The molecular weight excluding hydrogens is 158 g/mol. The minimum Gasteiger partial charge on any atom is -0.387 e. The van der Waals surface area contributed by atoms with Gasteiger partial charge in [-0.15, -0.1) is 17.9 Å². The third-order valence-corrected chi connectivity index (χ3v) is 2.51. The van der Waals surface area contributed by atoms with E-state index in [9.17, 15) is 5.11 Å². The number of aliphatic hydroxyl groups excluding tert-OH is 1. The summed E-state index contributed by atoms with van der Waals surface area (Å²) < 4.78 is 0. The normalized spacial score (nSPS) is 12.9. The highest BCUT2D eigenvalue weighted by molar-refractivity contribution is 7.09. The summed E-state index contributed by atoms with van der Waals surface area (Å²) in [6, 6.07) is 0. The van der Waals surface area contributed by atoms with Crippen LogP contribution in [0.1, 0.15) is 23.1 Å². The molecule has 0 aliphatic rings. The molecule has 0 saturated carbocycles. The third-order valence-electron chi connectivity index (χ3n) is 1.48. The fourth-order valence-corrected chi connectivity index (χ4v) is 1.70. The average Bonchev–Trinajstić information content (AvgIpc) is 2.36. The fraction of sp³-hybridized carbons (Fsp3) is 0.375. The Morgan fingerprint density at radius 3 is 3.09 bits per heavy atom. The van der Waals surface area contributed by atoms with E-state index in [-0.39, 0.29) is 0 Å². The van der Waals surface area contributed by atoms with Crippen LogP contribution in [0.5, 0.6) is 0 Å². The van der Waals surface area contributed by atoms with Crippen molar-refractivity contribution in [3.05, 3.63) is 28.7 Å². The summed E-state index contributed by atoms with van der Waals surface area (Å²) >= 11 is 1.49. The van der Waals surface area contributed by atoms with Gasteiger partial charge in [0, 0.05) is 0 Å². The molecule has 1 atom stereocenters. The van der Waals surface area contributed by atoms with Crippen molar-refractivity contribution < 1.29 is 5.11 Å². The van der Waals surface area contributed by atoms with Crippen LogP contribution in [0, 0.1) is 6.92 Å². The van der Waals surface area contributed by atoms with E-state index in [1.54, 1.807) is 11.6 Å². The molecule has 0 spiro atoms. The minimum absolute atomic E-state index is 0.417. The molecule has 3 heteroatoms. The van der Waals surface area contributed by atoms with E-state index in [1.807, 2.05) is 6.92 Å². The molecule has 1 aromatic rings. The van der Waals surface area contributed by atoms with Gasteiger partial charge in [0.2, 0.25) is 0 Å². The molecule has 0 aliphatic carbocycles. The predicted molar refractivity (Wildman–Crippen MR) is 46.6 cm³/mol. The monoisotopic (exact) mass is 169 g/mol. The molecule has 1 unspecified atom stereocenters. The van der Waals surface area contributed by atoms with Gasteiger partial charge in [-0.1, -0.05) is 6.08 Å². The summed E-state index contributed by atoms with van der Waals surface area (Å²) in [6.07, 6.45) is 1.90. The van der Waals surface area contributed by atoms with Crippen molar-refractivity contribution in [2.75, 3.05) is 0 Å². The van der Waals surface area contributed by atoms with Gasteiger partial charge in [-0.2, -0.15) is 0 Å². The molecule has 0 aliphatic heterocycles. The molecule has 0 amide bonds. The standard InChI is InChI=1S/C8H11NOS/c1-3-4-7(10)8-6(2)9-5-11-8/h3,5,7,10H,1,4H2,2H3. The molecule has 0 radical (unpaired) electrons. The van der Waals surface area contributed by atoms with Crippen LogP contribution < -0.4 is 0 Å². The number of hydrogen-bond acceptors (Lipinski definition) is 3. The number of rotatable bonds is 3. The topological polar surface area (TPSA) is 33.1 Å². The second-order valence-electron chi connectivity index (χ2n) is 2.34. The van der Waals surface area contributed by atoms with E-state index < -0.39 is 6.10 Å². The second-order valence-corrected chi connectivity index (χ2v) is 3.23. The number of aliphatic hydroxyl groups is 1. The van der Waals surface area contributed by atoms with Gasteiger partial charge in [0.15, 0.2) is 0 Å². The van der Waals surface area contributed by atoms with Crippen molar-refractivity contribution in [1.82, 2.24) is 4.98 Å². The van der Waals surface area contributed by atoms with Crippen LogP contribution in [0.4, 0.5) is 0 Å². The highest BCUT2D eigenvalue weighted by Gasteiger charge is 2.10. The zero-order valence-corrected chi connectivity index (χ0v) is 7.27. The third kappa shape index (κ3) is 1.88. The Morgan fingerprint density at radius 1 is 1.91 bits per heavy atom. The smallest absolute Gasteiger partial charge is 0.0934 e. The SMILES string of the molecule is C=CCC(O)c1scnc1C. The number of aryl methyl sites for hydroxylation is 1. The molecule has 1 heterocycles. The Labute approximate surface area is 70.2 Å². The molecule has 0 saturated heterocycles. The Balaban J connectivity index is 2.74. The molecule has 11 heavy (non-hydrogen) atoms. The molecule has 0 aromatic carbocycles. The molecule has 60 valence electrons. The van der Waals surface area contributed by atoms with Gasteiger partial charge in [0.05, 0.1) is 22.2 Å². The van der Waals surface area contributed by atoms with Crippen molar-refractivity contribution in [2.45, 2.75) is 19.4 Å².